The average Bonchev–Trinajstić information content (AvgIpc) is 3.47. The van der Waals surface area contributed by atoms with Crippen LogP contribution in [0.2, 0.25) is 0 Å². The minimum atomic E-state index is 0.638. The Labute approximate surface area is 179 Å². The maximum Gasteiger partial charge on any atom is 0.156 e. The summed E-state index contributed by atoms with van der Waals surface area (Å²) in [4.78, 5) is 2.17. The van der Waals surface area contributed by atoms with Crippen molar-refractivity contribution in [2.45, 2.75) is 26.6 Å². The zero-order chi connectivity index (χ0) is 21.2. The molecule has 0 atom stereocenters. The molecule has 2 aromatic carbocycles. The van der Waals surface area contributed by atoms with Gasteiger partial charge in [-0.15, -0.1) is 0 Å². The summed E-state index contributed by atoms with van der Waals surface area (Å²) in [7, 11) is 2.05. The molecule has 0 fully saturated rings. The molecule has 5 aromatic rings. The molecular weight excluding hydrogens is 390 g/mol. The highest BCUT2D eigenvalue weighted by Crippen LogP contribution is 2.30. The second kappa shape index (κ2) is 8.20. The lowest BCUT2D eigenvalue weighted by atomic mass is 10.1. The molecule has 0 radical (unpaired) electrons. The Morgan fingerprint density at radius 1 is 0.968 bits per heavy atom. The van der Waals surface area contributed by atoms with Crippen LogP contribution in [0.1, 0.15) is 22.5 Å². The Kier molecular flexibility index (Phi) is 5.09. The van der Waals surface area contributed by atoms with Gasteiger partial charge in [-0.2, -0.15) is 5.10 Å². The number of hydrogen-bond acceptors (Lipinski definition) is 6. The fourth-order valence-corrected chi connectivity index (χ4v) is 3.73. The summed E-state index contributed by atoms with van der Waals surface area (Å²) in [6, 6.07) is 20.4. The van der Waals surface area contributed by atoms with Gasteiger partial charge in [0.2, 0.25) is 0 Å². The van der Waals surface area contributed by atoms with Crippen LogP contribution in [0.4, 0.5) is 0 Å². The van der Waals surface area contributed by atoms with Crippen molar-refractivity contribution in [3.8, 4) is 11.5 Å². The molecule has 0 unspecified atom stereocenters. The first-order valence-corrected chi connectivity index (χ1v) is 10.2. The van der Waals surface area contributed by atoms with E-state index in [4.69, 9.17) is 14.1 Å². The van der Waals surface area contributed by atoms with E-state index in [2.05, 4.69) is 45.7 Å². The summed E-state index contributed by atoms with van der Waals surface area (Å²) in [5.41, 5.74) is 5.65. The fourth-order valence-electron chi connectivity index (χ4n) is 3.73. The Morgan fingerprint density at radius 3 is 2.55 bits per heavy atom. The topological polar surface area (TPSA) is 73.1 Å². The second-order valence-electron chi connectivity index (χ2n) is 7.80. The van der Waals surface area contributed by atoms with Crippen LogP contribution in [0.15, 0.2) is 75.9 Å². The maximum absolute atomic E-state index is 6.13. The van der Waals surface area contributed by atoms with Crippen LogP contribution in [0, 0.1) is 6.92 Å². The average molecular weight is 413 g/mol. The van der Waals surface area contributed by atoms with Crippen LogP contribution in [0.3, 0.4) is 0 Å². The fraction of sp³-hybridized carbons (Fsp3) is 0.208. The number of aryl methyl sites for hydroxylation is 1. The van der Waals surface area contributed by atoms with Gasteiger partial charge in [-0.25, -0.2) is 4.63 Å². The first-order valence-electron chi connectivity index (χ1n) is 10.2. The summed E-state index contributed by atoms with van der Waals surface area (Å²) in [6.07, 6.45) is 2.10. The van der Waals surface area contributed by atoms with E-state index in [9.17, 15) is 0 Å². The molecule has 0 bridgehead atoms. The molecule has 0 amide bonds. The molecule has 0 saturated heterocycles. The third kappa shape index (κ3) is 4.13. The summed E-state index contributed by atoms with van der Waals surface area (Å²) in [6.45, 7) is 3.92. The van der Waals surface area contributed by atoms with E-state index in [0.29, 0.717) is 19.6 Å². The number of rotatable bonds is 7. The molecular formula is C24H23N5O2. The van der Waals surface area contributed by atoms with E-state index >= 15 is 0 Å². The van der Waals surface area contributed by atoms with Gasteiger partial charge in [0.1, 0.15) is 22.7 Å². The Bertz CT molecular complexity index is 1270. The smallest absolute Gasteiger partial charge is 0.156 e. The molecule has 7 nitrogen and oxygen atoms in total. The van der Waals surface area contributed by atoms with Crippen molar-refractivity contribution in [1.82, 2.24) is 25.0 Å². The highest BCUT2D eigenvalue weighted by molar-refractivity contribution is 5.82. The third-order valence-electron chi connectivity index (χ3n) is 5.29. The Hall–Kier alpha value is -3.71. The van der Waals surface area contributed by atoms with Gasteiger partial charge in [0.05, 0.1) is 6.54 Å². The van der Waals surface area contributed by atoms with Crippen LogP contribution < -0.4 is 0 Å². The number of benzene rings is 2. The van der Waals surface area contributed by atoms with Crippen molar-refractivity contribution in [1.29, 1.82) is 0 Å². The van der Waals surface area contributed by atoms with Crippen molar-refractivity contribution in [3.63, 3.8) is 0 Å². The number of hydrogen-bond donors (Lipinski definition) is 0. The summed E-state index contributed by atoms with van der Waals surface area (Å²) >= 11 is 0. The quantitative estimate of drug-likeness (QED) is 0.386. The van der Waals surface area contributed by atoms with Gasteiger partial charge in [0.25, 0.3) is 0 Å². The molecule has 5 rings (SSSR count). The largest absolute Gasteiger partial charge is 0.454 e. The van der Waals surface area contributed by atoms with Crippen LogP contribution in [0.5, 0.6) is 0 Å². The lowest BCUT2D eigenvalue weighted by Gasteiger charge is -2.14. The van der Waals surface area contributed by atoms with Gasteiger partial charge in [0.15, 0.2) is 5.76 Å². The van der Waals surface area contributed by atoms with Crippen LogP contribution in [0.25, 0.3) is 22.4 Å². The molecule has 0 aliphatic heterocycles. The molecule has 0 N–H and O–H groups in total. The standard InChI is InChI=1S/C24H23N5O2/c1-17-21(27-31-26-17)16-28(2)14-20-15-29(13-18-8-4-3-5-9-18)25-24(20)23-12-19-10-6-7-11-22(19)30-23/h3-12,15H,13-14,16H2,1-2H3. The van der Waals surface area contributed by atoms with Gasteiger partial charge in [-0.05, 0) is 31.7 Å². The van der Waals surface area contributed by atoms with Crippen molar-refractivity contribution < 1.29 is 9.05 Å². The second-order valence-corrected chi connectivity index (χ2v) is 7.80. The van der Waals surface area contributed by atoms with Gasteiger partial charge < -0.3 is 4.42 Å². The van der Waals surface area contributed by atoms with E-state index in [1.54, 1.807) is 0 Å². The molecule has 31 heavy (non-hydrogen) atoms. The van der Waals surface area contributed by atoms with Gasteiger partial charge >= 0.3 is 0 Å². The van der Waals surface area contributed by atoms with Crippen molar-refractivity contribution in [2.75, 3.05) is 7.05 Å². The first-order chi connectivity index (χ1) is 15.2. The highest BCUT2D eigenvalue weighted by Gasteiger charge is 2.18. The Morgan fingerprint density at radius 2 is 1.77 bits per heavy atom. The van der Waals surface area contributed by atoms with Crippen molar-refractivity contribution >= 4 is 11.0 Å². The van der Waals surface area contributed by atoms with Crippen LogP contribution in [-0.4, -0.2) is 32.0 Å². The molecule has 156 valence electrons. The summed E-state index contributed by atoms with van der Waals surface area (Å²) < 4.78 is 12.9. The van der Waals surface area contributed by atoms with E-state index in [-0.39, 0.29) is 0 Å². The van der Waals surface area contributed by atoms with E-state index in [0.717, 1.165) is 39.4 Å². The number of fused-ring (bicyclic) bond motifs is 1. The monoisotopic (exact) mass is 413 g/mol. The molecule has 3 aromatic heterocycles. The van der Waals surface area contributed by atoms with Gasteiger partial charge in [-0.1, -0.05) is 58.8 Å². The molecule has 0 spiro atoms. The number of para-hydroxylation sites is 1. The molecule has 3 heterocycles. The van der Waals surface area contributed by atoms with Crippen LogP contribution >= 0.6 is 0 Å². The molecule has 0 aliphatic rings. The minimum absolute atomic E-state index is 0.638. The van der Waals surface area contributed by atoms with Gasteiger partial charge in [0, 0.05) is 30.2 Å². The zero-order valence-corrected chi connectivity index (χ0v) is 17.5. The van der Waals surface area contributed by atoms with E-state index < -0.39 is 0 Å². The number of furan rings is 1. The van der Waals surface area contributed by atoms with E-state index in [1.807, 2.05) is 55.1 Å². The van der Waals surface area contributed by atoms with E-state index in [1.165, 1.54) is 5.56 Å². The summed E-state index contributed by atoms with van der Waals surface area (Å²) in [5, 5.41) is 13.8. The van der Waals surface area contributed by atoms with Crippen LogP contribution in [-0.2, 0) is 19.6 Å². The van der Waals surface area contributed by atoms with Gasteiger partial charge in [-0.3, -0.25) is 9.58 Å². The first kappa shape index (κ1) is 19.3. The minimum Gasteiger partial charge on any atom is -0.454 e. The SMILES string of the molecule is Cc1nonc1CN(C)Cc1cn(Cc2ccccc2)nc1-c1cc2ccccc2o1. The Balaban J connectivity index is 1.47. The third-order valence-corrected chi connectivity index (χ3v) is 5.29. The predicted octanol–water partition coefficient (Wildman–Crippen LogP) is 4.67. The lowest BCUT2D eigenvalue weighted by molar-refractivity contribution is 0.279. The normalized spacial score (nSPS) is 11.6. The number of aromatic nitrogens is 4. The van der Waals surface area contributed by atoms with Crippen molar-refractivity contribution in [3.05, 3.63) is 89.4 Å². The predicted molar refractivity (Wildman–Crippen MR) is 117 cm³/mol. The highest BCUT2D eigenvalue weighted by atomic mass is 16.6. The zero-order valence-electron chi connectivity index (χ0n) is 17.5. The van der Waals surface area contributed by atoms with Crippen molar-refractivity contribution in [2.24, 2.45) is 0 Å². The number of nitrogens with zero attached hydrogens (tertiary/aromatic N) is 5. The summed E-state index contributed by atoms with van der Waals surface area (Å²) in [5.74, 6) is 0.774. The molecule has 7 heteroatoms. The molecule has 0 aliphatic carbocycles. The maximum atomic E-state index is 6.13. The lowest BCUT2D eigenvalue weighted by Crippen LogP contribution is -2.18. The molecule has 0 saturated carbocycles.